The Balaban J connectivity index is 1.45. The Morgan fingerprint density at radius 3 is 2.16 bits per heavy atom. The molecular formula is C30H33N5O3. The molecule has 1 atom stereocenters. The van der Waals surface area contributed by atoms with E-state index >= 15 is 0 Å². The normalized spacial score (nSPS) is 11.8. The molecule has 3 aromatic carbocycles. The van der Waals surface area contributed by atoms with Crippen LogP contribution in [-0.2, 0) is 20.7 Å². The summed E-state index contributed by atoms with van der Waals surface area (Å²) in [5.41, 5.74) is 14.6. The fraction of sp³-hybridized carbons (Fsp3) is 0.233. The highest BCUT2D eigenvalue weighted by Gasteiger charge is 2.29. The number of aromatic amines is 1. The van der Waals surface area contributed by atoms with Gasteiger partial charge in [-0.2, -0.15) is 0 Å². The number of aliphatic imine (C=N–C) groups is 1. The van der Waals surface area contributed by atoms with Crippen LogP contribution < -0.4 is 16.8 Å². The number of aromatic nitrogens is 1. The van der Waals surface area contributed by atoms with Gasteiger partial charge in [0.2, 0.25) is 0 Å². The summed E-state index contributed by atoms with van der Waals surface area (Å²) in [6.07, 6.45) is 3.64. The Morgan fingerprint density at radius 1 is 0.868 bits per heavy atom. The van der Waals surface area contributed by atoms with Crippen molar-refractivity contribution in [2.45, 2.75) is 31.2 Å². The minimum Gasteiger partial charge on any atom is -0.391 e. The summed E-state index contributed by atoms with van der Waals surface area (Å²) in [7, 11) is 0. The minimum atomic E-state index is -0.713. The van der Waals surface area contributed by atoms with Crippen LogP contribution in [0.5, 0.6) is 0 Å². The smallest absolute Gasteiger partial charge is 0.330 e. The van der Waals surface area contributed by atoms with Gasteiger partial charge in [-0.3, -0.25) is 9.79 Å². The highest BCUT2D eigenvalue weighted by molar-refractivity contribution is 5.93. The van der Waals surface area contributed by atoms with Crippen LogP contribution in [0.4, 0.5) is 0 Å². The summed E-state index contributed by atoms with van der Waals surface area (Å²) in [5, 5.41) is 4.43. The predicted octanol–water partition coefficient (Wildman–Crippen LogP) is 3.62. The Kier molecular flexibility index (Phi) is 9.26. The number of nitrogens with one attached hydrogen (secondary N) is 2. The van der Waals surface area contributed by atoms with Crippen molar-refractivity contribution < 1.29 is 14.3 Å². The van der Waals surface area contributed by atoms with Crippen LogP contribution in [0.3, 0.4) is 0 Å². The molecule has 4 rings (SSSR count). The summed E-state index contributed by atoms with van der Waals surface area (Å²) in [5.74, 6) is -1.94. The molecule has 0 saturated heterocycles. The summed E-state index contributed by atoms with van der Waals surface area (Å²) in [6.45, 7) is 0.903. The number of ether oxygens (including phenoxy) is 1. The maximum absolute atomic E-state index is 13.4. The number of carbonyl (C=O) groups is 2. The summed E-state index contributed by atoms with van der Waals surface area (Å²) < 4.78 is 5.49. The number of rotatable bonds is 12. The van der Waals surface area contributed by atoms with Gasteiger partial charge >= 0.3 is 11.9 Å². The molecule has 1 heterocycles. The molecule has 0 aliphatic rings. The van der Waals surface area contributed by atoms with E-state index in [4.69, 9.17) is 16.2 Å². The van der Waals surface area contributed by atoms with Crippen molar-refractivity contribution in [3.63, 3.8) is 0 Å². The number of carbonyl (C=O) groups excluding carboxylic acids is 2. The van der Waals surface area contributed by atoms with Gasteiger partial charge in [0.1, 0.15) is 12.0 Å². The molecule has 0 fully saturated rings. The fourth-order valence-corrected chi connectivity index (χ4v) is 4.51. The van der Waals surface area contributed by atoms with Crippen molar-refractivity contribution in [3.05, 3.63) is 108 Å². The molecule has 0 unspecified atom stereocenters. The zero-order chi connectivity index (χ0) is 26.7. The van der Waals surface area contributed by atoms with Crippen molar-refractivity contribution in [1.29, 1.82) is 0 Å². The Morgan fingerprint density at radius 2 is 1.50 bits per heavy atom. The van der Waals surface area contributed by atoms with Gasteiger partial charge in [0, 0.05) is 30.2 Å². The summed E-state index contributed by atoms with van der Waals surface area (Å²) in [6, 6.07) is 26.0. The summed E-state index contributed by atoms with van der Waals surface area (Å²) in [4.78, 5) is 33.9. The van der Waals surface area contributed by atoms with Gasteiger partial charge in [0.15, 0.2) is 5.96 Å². The highest BCUT2D eigenvalue weighted by Crippen LogP contribution is 2.26. The van der Waals surface area contributed by atoms with Crippen molar-refractivity contribution in [2.75, 3.05) is 13.1 Å². The van der Waals surface area contributed by atoms with Gasteiger partial charge in [0.25, 0.3) is 0 Å². The zero-order valence-electron chi connectivity index (χ0n) is 21.2. The molecular weight excluding hydrogens is 478 g/mol. The molecule has 0 bridgehead atoms. The van der Waals surface area contributed by atoms with Gasteiger partial charge < -0.3 is 26.5 Å². The van der Waals surface area contributed by atoms with Crippen LogP contribution in [0, 0.1) is 0 Å². The lowest BCUT2D eigenvalue weighted by molar-refractivity contribution is -0.161. The number of H-pyrrole nitrogens is 1. The van der Waals surface area contributed by atoms with Gasteiger partial charge in [-0.1, -0.05) is 78.9 Å². The molecule has 38 heavy (non-hydrogen) atoms. The van der Waals surface area contributed by atoms with Crippen molar-refractivity contribution in [1.82, 2.24) is 10.3 Å². The SMILES string of the molecule is NC(N)=NCCC[C@H](NCCc1c[nH]c2ccccc12)C(=O)OC(=O)C(c1ccccc1)c1ccccc1. The van der Waals surface area contributed by atoms with Crippen molar-refractivity contribution in [3.8, 4) is 0 Å². The third-order valence-electron chi connectivity index (χ3n) is 6.39. The van der Waals surface area contributed by atoms with E-state index in [1.165, 1.54) is 0 Å². The summed E-state index contributed by atoms with van der Waals surface area (Å²) >= 11 is 0. The lowest BCUT2D eigenvalue weighted by Crippen LogP contribution is -2.41. The van der Waals surface area contributed by atoms with Crippen LogP contribution in [0.1, 0.15) is 35.4 Å². The zero-order valence-corrected chi connectivity index (χ0v) is 21.2. The first kappa shape index (κ1) is 26.6. The molecule has 0 aliphatic heterocycles. The van der Waals surface area contributed by atoms with Gasteiger partial charge in [-0.25, -0.2) is 4.79 Å². The van der Waals surface area contributed by atoms with E-state index in [0.717, 1.165) is 27.6 Å². The molecule has 0 aliphatic carbocycles. The first-order chi connectivity index (χ1) is 18.5. The number of nitrogens with zero attached hydrogens (tertiary/aromatic N) is 1. The van der Waals surface area contributed by atoms with E-state index in [-0.39, 0.29) is 5.96 Å². The standard InChI is InChI=1S/C30H33N5O3/c31-30(32)34-18-9-16-26(33-19-17-23-20-35-25-15-8-7-14-24(23)25)28(36)38-29(37)27(21-10-3-1-4-11-21)22-12-5-2-6-13-22/h1-8,10-15,20,26-27,33,35H,9,16-19H2,(H4,31,32,34)/t26-/m0/s1. The quantitative estimate of drug-likeness (QED) is 0.0754. The molecule has 0 saturated carbocycles. The van der Waals surface area contributed by atoms with E-state index in [1.54, 1.807) is 0 Å². The molecule has 0 radical (unpaired) electrons. The van der Waals surface area contributed by atoms with E-state index in [1.807, 2.05) is 85.1 Å². The van der Waals surface area contributed by atoms with Gasteiger partial charge in [-0.15, -0.1) is 0 Å². The molecule has 196 valence electrons. The largest absolute Gasteiger partial charge is 0.391 e. The number of benzene rings is 3. The fourth-order valence-electron chi connectivity index (χ4n) is 4.51. The predicted molar refractivity (Wildman–Crippen MR) is 150 cm³/mol. The van der Waals surface area contributed by atoms with Crippen molar-refractivity contribution >= 4 is 28.8 Å². The molecule has 8 heteroatoms. The average molecular weight is 512 g/mol. The highest BCUT2D eigenvalue weighted by atomic mass is 16.6. The Bertz CT molecular complexity index is 1320. The monoisotopic (exact) mass is 511 g/mol. The number of hydrogen-bond donors (Lipinski definition) is 4. The van der Waals surface area contributed by atoms with Crippen LogP contribution in [0.2, 0.25) is 0 Å². The van der Waals surface area contributed by atoms with Crippen molar-refractivity contribution in [2.24, 2.45) is 16.5 Å². The lowest BCUT2D eigenvalue weighted by Gasteiger charge is -2.20. The molecule has 0 spiro atoms. The van der Waals surface area contributed by atoms with E-state index < -0.39 is 23.9 Å². The first-order valence-corrected chi connectivity index (χ1v) is 12.7. The van der Waals surface area contributed by atoms with Gasteiger partial charge in [-0.05, 0) is 42.0 Å². The Labute approximate surface area is 222 Å². The van der Waals surface area contributed by atoms with E-state index in [2.05, 4.69) is 21.4 Å². The van der Waals surface area contributed by atoms with Crippen LogP contribution in [0.15, 0.2) is 96.1 Å². The number of guanidine groups is 1. The second-order valence-electron chi connectivity index (χ2n) is 9.06. The second-order valence-corrected chi connectivity index (χ2v) is 9.06. The second kappa shape index (κ2) is 13.2. The molecule has 6 N–H and O–H groups in total. The number of fused-ring (bicyclic) bond motifs is 1. The van der Waals surface area contributed by atoms with Crippen LogP contribution in [0.25, 0.3) is 10.9 Å². The number of nitrogens with two attached hydrogens (primary N) is 2. The number of esters is 2. The topological polar surface area (TPSA) is 136 Å². The first-order valence-electron chi connectivity index (χ1n) is 12.7. The minimum absolute atomic E-state index is 0.000151. The molecule has 4 aromatic rings. The maximum Gasteiger partial charge on any atom is 0.330 e. The average Bonchev–Trinajstić information content (AvgIpc) is 3.34. The molecule has 8 nitrogen and oxygen atoms in total. The van der Waals surface area contributed by atoms with E-state index in [0.29, 0.717) is 32.4 Å². The third kappa shape index (κ3) is 7.08. The van der Waals surface area contributed by atoms with E-state index in [9.17, 15) is 9.59 Å². The van der Waals surface area contributed by atoms with Crippen LogP contribution >= 0.6 is 0 Å². The Hall–Kier alpha value is -4.43. The molecule has 0 amide bonds. The molecule has 1 aromatic heterocycles. The van der Waals surface area contributed by atoms with Gasteiger partial charge in [0.05, 0.1) is 0 Å². The maximum atomic E-state index is 13.4. The lowest BCUT2D eigenvalue weighted by atomic mass is 9.91. The van der Waals surface area contributed by atoms with Crippen LogP contribution in [-0.4, -0.2) is 42.0 Å². The third-order valence-corrected chi connectivity index (χ3v) is 6.39. The number of para-hydroxylation sites is 1. The number of hydrogen-bond acceptors (Lipinski definition) is 5.